The summed E-state index contributed by atoms with van der Waals surface area (Å²) in [5, 5.41) is 6.33. The molecule has 0 bridgehead atoms. The molecule has 0 saturated heterocycles. The van der Waals surface area contributed by atoms with Gasteiger partial charge in [-0.15, -0.1) is 0 Å². The van der Waals surface area contributed by atoms with Crippen molar-refractivity contribution in [3.63, 3.8) is 0 Å². The van der Waals surface area contributed by atoms with Gasteiger partial charge in [0.1, 0.15) is 18.2 Å². The zero-order valence-electron chi connectivity index (χ0n) is 15.6. The van der Waals surface area contributed by atoms with Crippen molar-refractivity contribution in [2.75, 3.05) is 12.9 Å². The number of carbonyl (C=O) groups excluding carboxylic acids is 2. The van der Waals surface area contributed by atoms with Crippen LogP contribution < -0.4 is 10.0 Å². The largest absolute Gasteiger partial charge is 0.486 e. The quantitative estimate of drug-likeness (QED) is 0.620. The molecule has 9 nitrogen and oxygen atoms in total. The Morgan fingerprint density at radius 1 is 1.30 bits per heavy atom. The molecule has 160 valence electrons. The van der Waals surface area contributed by atoms with Crippen molar-refractivity contribution in [2.24, 2.45) is 5.16 Å². The van der Waals surface area contributed by atoms with Gasteiger partial charge in [0.05, 0.1) is 18.0 Å². The van der Waals surface area contributed by atoms with Gasteiger partial charge in [0.2, 0.25) is 15.6 Å². The van der Waals surface area contributed by atoms with E-state index < -0.39 is 45.1 Å². The summed E-state index contributed by atoms with van der Waals surface area (Å²) < 4.78 is 56.0. The Balaban J connectivity index is 1.69. The summed E-state index contributed by atoms with van der Waals surface area (Å²) in [7, 11) is -3.78. The Morgan fingerprint density at radius 3 is 2.57 bits per heavy atom. The molecule has 2 heterocycles. The lowest BCUT2D eigenvalue weighted by molar-refractivity contribution is -0.138. The zero-order chi connectivity index (χ0) is 22.1. The molecule has 0 radical (unpaired) electrons. The van der Waals surface area contributed by atoms with Gasteiger partial charge in [-0.2, -0.15) is 0 Å². The van der Waals surface area contributed by atoms with Crippen molar-refractivity contribution in [3.8, 4) is 0 Å². The summed E-state index contributed by atoms with van der Waals surface area (Å²) in [6, 6.07) is 2.07. The Hall–Kier alpha value is -3.28. The number of nitrogens with one attached hydrogen (secondary N) is 2. The van der Waals surface area contributed by atoms with Gasteiger partial charge in [-0.3, -0.25) is 9.59 Å². The van der Waals surface area contributed by atoms with E-state index >= 15 is 0 Å². The molecular weight excluding hydrogens is 424 g/mol. The van der Waals surface area contributed by atoms with Crippen molar-refractivity contribution >= 4 is 27.5 Å². The maximum Gasteiger partial charge on any atom is 0.299 e. The lowest BCUT2D eigenvalue weighted by Crippen LogP contribution is -2.49. The van der Waals surface area contributed by atoms with Crippen LogP contribution in [0.3, 0.4) is 0 Å². The van der Waals surface area contributed by atoms with Crippen LogP contribution >= 0.6 is 0 Å². The molecule has 0 fully saturated rings. The number of carbonyl (C=O) groups is 2. The van der Waals surface area contributed by atoms with Gasteiger partial charge in [-0.25, -0.2) is 21.9 Å². The SMILES string of the molecule is C=CC1(C(=O)N[C@@H]2C=C(C(=O)NS(C)(=O)=O)OC2)CC(c2cc(F)cc(F)c2)=NO1. The first-order valence-corrected chi connectivity index (χ1v) is 10.4. The molecule has 2 aliphatic rings. The van der Waals surface area contributed by atoms with Crippen LogP contribution in [0.2, 0.25) is 0 Å². The van der Waals surface area contributed by atoms with E-state index in [4.69, 9.17) is 9.57 Å². The van der Waals surface area contributed by atoms with Crippen LogP contribution in [0.25, 0.3) is 0 Å². The first kappa shape index (κ1) is 21.4. The summed E-state index contributed by atoms with van der Waals surface area (Å²) in [5.74, 6) is -3.52. The van der Waals surface area contributed by atoms with Gasteiger partial charge in [-0.1, -0.05) is 11.7 Å². The minimum atomic E-state index is -3.78. The average Bonchev–Trinajstić information content (AvgIpc) is 3.27. The average molecular weight is 441 g/mol. The van der Waals surface area contributed by atoms with E-state index in [0.29, 0.717) is 6.07 Å². The molecule has 2 N–H and O–H groups in total. The van der Waals surface area contributed by atoms with E-state index in [1.54, 1.807) is 4.72 Å². The van der Waals surface area contributed by atoms with Crippen molar-refractivity contribution in [1.82, 2.24) is 10.0 Å². The van der Waals surface area contributed by atoms with Crippen LogP contribution in [0.4, 0.5) is 8.78 Å². The molecule has 1 unspecified atom stereocenters. The van der Waals surface area contributed by atoms with Crippen LogP contribution in [-0.4, -0.2) is 50.4 Å². The topological polar surface area (TPSA) is 123 Å². The fraction of sp³-hybridized carbons (Fsp3) is 0.278. The summed E-state index contributed by atoms with van der Waals surface area (Å²) in [6.07, 6.45) is 3.12. The minimum Gasteiger partial charge on any atom is -0.486 e. The molecule has 2 aliphatic heterocycles. The second kappa shape index (κ2) is 7.86. The van der Waals surface area contributed by atoms with Gasteiger partial charge >= 0.3 is 0 Å². The number of ether oxygens (including phenoxy) is 1. The monoisotopic (exact) mass is 441 g/mol. The Bertz CT molecular complexity index is 1070. The number of hydrogen-bond donors (Lipinski definition) is 2. The Morgan fingerprint density at radius 2 is 1.97 bits per heavy atom. The second-order valence-electron chi connectivity index (χ2n) is 6.68. The summed E-state index contributed by atoms with van der Waals surface area (Å²) in [4.78, 5) is 29.8. The standard InChI is InChI=1S/C18H17F2N3O6S/c1-3-18(8-14(22-29-18)10-4-11(19)6-12(20)5-10)17(25)21-13-7-15(28-9-13)16(24)23-30(2,26)27/h3-7,13H,1,8-9H2,2H3,(H,21,25)(H,23,24)/t13-,18?/m1/s1. The Kier molecular flexibility index (Phi) is 5.61. The predicted octanol–water partition coefficient (Wildman–Crippen LogP) is 0.489. The lowest BCUT2D eigenvalue weighted by atomic mass is 9.93. The van der Waals surface area contributed by atoms with Crippen LogP contribution in [0, 0.1) is 11.6 Å². The molecule has 0 aliphatic carbocycles. The molecule has 0 aromatic heterocycles. The number of oxime groups is 1. The van der Waals surface area contributed by atoms with Crippen molar-refractivity contribution in [3.05, 3.63) is 59.9 Å². The highest BCUT2D eigenvalue weighted by Crippen LogP contribution is 2.29. The van der Waals surface area contributed by atoms with Gasteiger partial charge in [-0.05, 0) is 24.3 Å². The summed E-state index contributed by atoms with van der Waals surface area (Å²) in [5.41, 5.74) is -1.37. The first-order valence-electron chi connectivity index (χ1n) is 8.54. The third kappa shape index (κ3) is 4.64. The first-order chi connectivity index (χ1) is 14.0. The van der Waals surface area contributed by atoms with Crippen molar-refractivity contribution < 1.29 is 36.4 Å². The molecule has 0 saturated carbocycles. The highest BCUT2D eigenvalue weighted by atomic mass is 32.2. The van der Waals surface area contributed by atoms with Crippen molar-refractivity contribution in [1.29, 1.82) is 0 Å². The highest BCUT2D eigenvalue weighted by Gasteiger charge is 2.45. The van der Waals surface area contributed by atoms with Crippen LogP contribution in [0.1, 0.15) is 12.0 Å². The number of hydrogen-bond acceptors (Lipinski definition) is 7. The van der Waals surface area contributed by atoms with E-state index in [0.717, 1.165) is 18.4 Å². The normalized spacial score (nSPS) is 23.0. The molecule has 3 rings (SSSR count). The number of nitrogens with zero attached hydrogens (tertiary/aromatic N) is 1. The summed E-state index contributed by atoms with van der Waals surface area (Å²) >= 11 is 0. The van der Waals surface area contributed by atoms with Crippen LogP contribution in [0.15, 0.2) is 47.8 Å². The fourth-order valence-electron chi connectivity index (χ4n) is 2.84. The van der Waals surface area contributed by atoms with E-state index in [9.17, 15) is 26.8 Å². The molecular formula is C18H17F2N3O6S. The minimum absolute atomic E-state index is 0.117. The molecule has 30 heavy (non-hydrogen) atoms. The van der Waals surface area contributed by atoms with Gasteiger partial charge in [0.15, 0.2) is 5.76 Å². The van der Waals surface area contributed by atoms with Crippen LogP contribution in [0.5, 0.6) is 0 Å². The zero-order valence-corrected chi connectivity index (χ0v) is 16.5. The van der Waals surface area contributed by atoms with Gasteiger partial charge in [0, 0.05) is 18.1 Å². The molecule has 1 aromatic rings. The summed E-state index contributed by atoms with van der Waals surface area (Å²) in [6.45, 7) is 3.46. The number of sulfonamides is 1. The maximum absolute atomic E-state index is 13.5. The molecule has 12 heteroatoms. The predicted molar refractivity (Wildman–Crippen MR) is 100 cm³/mol. The third-order valence-electron chi connectivity index (χ3n) is 4.25. The van der Waals surface area contributed by atoms with Gasteiger partial charge in [0.25, 0.3) is 11.8 Å². The van der Waals surface area contributed by atoms with E-state index in [1.807, 2.05) is 0 Å². The molecule has 2 atom stereocenters. The second-order valence-corrected chi connectivity index (χ2v) is 8.43. The Labute approximate surface area is 170 Å². The number of amides is 2. The fourth-order valence-corrected chi connectivity index (χ4v) is 3.28. The number of benzene rings is 1. The maximum atomic E-state index is 13.5. The number of halogens is 2. The van der Waals surface area contributed by atoms with Gasteiger partial charge < -0.3 is 14.9 Å². The third-order valence-corrected chi connectivity index (χ3v) is 4.80. The molecule has 1 aromatic carbocycles. The number of rotatable bonds is 6. The van der Waals surface area contributed by atoms with Crippen LogP contribution in [-0.2, 0) is 29.2 Å². The smallest absolute Gasteiger partial charge is 0.299 e. The van der Waals surface area contributed by atoms with E-state index in [2.05, 4.69) is 17.1 Å². The molecule has 2 amide bonds. The van der Waals surface area contributed by atoms with E-state index in [1.165, 1.54) is 12.2 Å². The lowest BCUT2D eigenvalue weighted by Gasteiger charge is -2.23. The van der Waals surface area contributed by atoms with Crippen molar-refractivity contribution in [2.45, 2.75) is 18.1 Å². The van der Waals surface area contributed by atoms with E-state index in [-0.39, 0.29) is 30.1 Å². The molecule has 0 spiro atoms. The highest BCUT2D eigenvalue weighted by molar-refractivity contribution is 7.89.